The lowest BCUT2D eigenvalue weighted by Crippen LogP contribution is -2.49. The molecule has 0 radical (unpaired) electrons. The van der Waals surface area contributed by atoms with E-state index in [-0.39, 0.29) is 11.9 Å². The number of likely N-dealkylation sites (tertiary alicyclic amines) is 1. The standard InChI is InChI=1S/C22H25N3O/c23-16-19-11-9-18(10-12-19)15-21(22(26)25-13-5-2-6-14-25)24-17-20-7-3-1-4-8-20/h1,3-4,7-12,21,24H,2,5-6,13-15,17H2/t21-/m0/s1. The molecule has 4 heteroatoms. The normalized spacial score (nSPS) is 15.3. The third kappa shape index (κ3) is 4.93. The fourth-order valence-electron chi connectivity index (χ4n) is 3.37. The van der Waals surface area contributed by atoms with Gasteiger partial charge in [0, 0.05) is 19.6 Å². The van der Waals surface area contributed by atoms with Crippen molar-refractivity contribution in [3.8, 4) is 6.07 Å². The monoisotopic (exact) mass is 347 g/mol. The molecule has 2 aromatic carbocycles. The van der Waals surface area contributed by atoms with Crippen LogP contribution in [0.1, 0.15) is 36.0 Å². The Bertz CT molecular complexity index is 743. The summed E-state index contributed by atoms with van der Waals surface area (Å²) in [6.45, 7) is 2.38. The zero-order chi connectivity index (χ0) is 18.2. The Kier molecular flexibility index (Phi) is 6.40. The number of rotatable bonds is 6. The molecule has 4 nitrogen and oxygen atoms in total. The maximum Gasteiger partial charge on any atom is 0.240 e. The summed E-state index contributed by atoms with van der Waals surface area (Å²) in [7, 11) is 0. The average molecular weight is 347 g/mol. The van der Waals surface area contributed by atoms with Crippen molar-refractivity contribution >= 4 is 5.91 Å². The zero-order valence-electron chi connectivity index (χ0n) is 15.0. The highest BCUT2D eigenvalue weighted by Crippen LogP contribution is 2.14. The van der Waals surface area contributed by atoms with Gasteiger partial charge in [-0.05, 0) is 48.9 Å². The molecule has 0 aliphatic carbocycles. The van der Waals surface area contributed by atoms with Gasteiger partial charge >= 0.3 is 0 Å². The van der Waals surface area contributed by atoms with E-state index in [0.29, 0.717) is 18.5 Å². The molecule has 26 heavy (non-hydrogen) atoms. The average Bonchev–Trinajstić information content (AvgIpc) is 2.72. The Labute approximate surface area is 155 Å². The minimum Gasteiger partial charge on any atom is -0.341 e. The number of hydrogen-bond acceptors (Lipinski definition) is 3. The number of hydrogen-bond donors (Lipinski definition) is 1. The Balaban J connectivity index is 1.71. The minimum atomic E-state index is -0.249. The van der Waals surface area contributed by atoms with Gasteiger partial charge in [-0.15, -0.1) is 0 Å². The van der Waals surface area contributed by atoms with E-state index in [9.17, 15) is 4.79 Å². The first-order chi connectivity index (χ1) is 12.8. The lowest BCUT2D eigenvalue weighted by atomic mass is 10.0. The molecular weight excluding hydrogens is 322 g/mol. The number of benzene rings is 2. The van der Waals surface area contributed by atoms with Crippen molar-refractivity contribution in [1.29, 1.82) is 5.26 Å². The van der Waals surface area contributed by atoms with Gasteiger partial charge in [-0.2, -0.15) is 5.26 Å². The first-order valence-electron chi connectivity index (χ1n) is 9.31. The molecule has 0 aromatic heterocycles. The molecule has 1 aliphatic heterocycles. The molecule has 0 spiro atoms. The third-order valence-corrected chi connectivity index (χ3v) is 4.88. The highest BCUT2D eigenvalue weighted by Gasteiger charge is 2.25. The van der Waals surface area contributed by atoms with E-state index < -0.39 is 0 Å². The predicted octanol–water partition coefficient (Wildman–Crippen LogP) is 3.27. The van der Waals surface area contributed by atoms with Crippen LogP contribution >= 0.6 is 0 Å². The SMILES string of the molecule is N#Cc1ccc(C[C@H](NCc2ccccc2)C(=O)N2CCCCC2)cc1. The summed E-state index contributed by atoms with van der Waals surface area (Å²) in [5.74, 6) is 0.185. The Morgan fingerprint density at radius 2 is 1.69 bits per heavy atom. The molecule has 134 valence electrons. The molecule has 1 amide bonds. The van der Waals surface area contributed by atoms with Gasteiger partial charge in [-0.1, -0.05) is 42.5 Å². The first-order valence-corrected chi connectivity index (χ1v) is 9.31. The maximum atomic E-state index is 13.1. The summed E-state index contributed by atoms with van der Waals surface area (Å²) in [4.78, 5) is 15.1. The molecule has 1 saturated heterocycles. The van der Waals surface area contributed by atoms with Crippen LogP contribution in [0.15, 0.2) is 54.6 Å². The van der Waals surface area contributed by atoms with Crippen molar-refractivity contribution in [1.82, 2.24) is 10.2 Å². The van der Waals surface area contributed by atoms with Crippen molar-refractivity contribution in [2.24, 2.45) is 0 Å². The van der Waals surface area contributed by atoms with Gasteiger partial charge in [-0.3, -0.25) is 4.79 Å². The fraction of sp³-hybridized carbons (Fsp3) is 0.364. The number of carbonyl (C=O) groups excluding carboxylic acids is 1. The molecule has 1 heterocycles. The molecule has 1 atom stereocenters. The topological polar surface area (TPSA) is 56.1 Å². The summed E-state index contributed by atoms with van der Waals surface area (Å²) in [5.41, 5.74) is 2.88. The van der Waals surface area contributed by atoms with Crippen LogP contribution in [0.4, 0.5) is 0 Å². The second kappa shape index (κ2) is 9.17. The van der Waals surface area contributed by atoms with Gasteiger partial charge < -0.3 is 10.2 Å². The summed E-state index contributed by atoms with van der Waals surface area (Å²) in [6.07, 6.45) is 4.03. The minimum absolute atomic E-state index is 0.185. The van der Waals surface area contributed by atoms with Gasteiger partial charge in [0.2, 0.25) is 5.91 Å². The van der Waals surface area contributed by atoms with Crippen LogP contribution in [0.25, 0.3) is 0 Å². The quantitative estimate of drug-likeness (QED) is 0.872. The number of nitriles is 1. The largest absolute Gasteiger partial charge is 0.341 e. The molecule has 1 N–H and O–H groups in total. The van der Waals surface area contributed by atoms with Crippen molar-refractivity contribution < 1.29 is 4.79 Å². The van der Waals surface area contributed by atoms with Crippen molar-refractivity contribution in [2.45, 2.75) is 38.3 Å². The van der Waals surface area contributed by atoms with E-state index in [1.54, 1.807) is 0 Å². The second-order valence-corrected chi connectivity index (χ2v) is 6.82. The van der Waals surface area contributed by atoms with E-state index in [0.717, 1.165) is 31.5 Å². The molecule has 0 unspecified atom stereocenters. The van der Waals surface area contributed by atoms with Crippen molar-refractivity contribution in [2.75, 3.05) is 13.1 Å². The van der Waals surface area contributed by atoms with Crippen molar-refractivity contribution in [3.63, 3.8) is 0 Å². The van der Waals surface area contributed by atoms with Crippen molar-refractivity contribution in [3.05, 3.63) is 71.3 Å². The summed E-state index contributed by atoms with van der Waals surface area (Å²) >= 11 is 0. The number of piperidine rings is 1. The number of carbonyl (C=O) groups is 1. The van der Waals surface area contributed by atoms with Gasteiger partial charge in [0.25, 0.3) is 0 Å². The van der Waals surface area contributed by atoms with Crippen LogP contribution in [-0.2, 0) is 17.8 Å². The number of amides is 1. The highest BCUT2D eigenvalue weighted by atomic mass is 16.2. The van der Waals surface area contributed by atoms with Crippen LogP contribution in [0.3, 0.4) is 0 Å². The van der Waals surface area contributed by atoms with Crippen LogP contribution in [0.5, 0.6) is 0 Å². The van der Waals surface area contributed by atoms with Crippen LogP contribution in [0.2, 0.25) is 0 Å². The van der Waals surface area contributed by atoms with Crippen LogP contribution in [-0.4, -0.2) is 29.9 Å². The molecule has 3 rings (SSSR count). The maximum absolute atomic E-state index is 13.1. The lowest BCUT2D eigenvalue weighted by Gasteiger charge is -2.31. The summed E-state index contributed by atoms with van der Waals surface area (Å²) < 4.78 is 0. The summed E-state index contributed by atoms with van der Waals surface area (Å²) in [5, 5.41) is 12.4. The summed E-state index contributed by atoms with van der Waals surface area (Å²) in [6, 6.07) is 19.6. The number of nitrogens with zero attached hydrogens (tertiary/aromatic N) is 2. The fourth-order valence-corrected chi connectivity index (χ4v) is 3.37. The zero-order valence-corrected chi connectivity index (χ0v) is 15.0. The molecule has 1 fully saturated rings. The van der Waals surface area contributed by atoms with Crippen LogP contribution < -0.4 is 5.32 Å². The predicted molar refractivity (Wildman–Crippen MR) is 102 cm³/mol. The smallest absolute Gasteiger partial charge is 0.240 e. The van der Waals surface area contributed by atoms with E-state index in [4.69, 9.17) is 5.26 Å². The Morgan fingerprint density at radius 3 is 2.35 bits per heavy atom. The van der Waals surface area contributed by atoms with E-state index in [2.05, 4.69) is 23.5 Å². The van der Waals surface area contributed by atoms with Gasteiger partial charge in [0.05, 0.1) is 17.7 Å². The highest BCUT2D eigenvalue weighted by molar-refractivity contribution is 5.82. The number of nitrogens with one attached hydrogen (secondary N) is 1. The molecule has 0 saturated carbocycles. The molecule has 0 bridgehead atoms. The van der Waals surface area contributed by atoms with E-state index >= 15 is 0 Å². The Morgan fingerprint density at radius 1 is 1.00 bits per heavy atom. The Hall–Kier alpha value is -2.64. The lowest BCUT2D eigenvalue weighted by molar-refractivity contribution is -0.134. The van der Waals surface area contributed by atoms with E-state index in [1.807, 2.05) is 47.4 Å². The van der Waals surface area contributed by atoms with Gasteiger partial charge in [0.1, 0.15) is 0 Å². The first kappa shape index (κ1) is 18.2. The molecular formula is C22H25N3O. The van der Waals surface area contributed by atoms with E-state index in [1.165, 1.54) is 12.0 Å². The van der Waals surface area contributed by atoms with Gasteiger partial charge in [0.15, 0.2) is 0 Å². The second-order valence-electron chi connectivity index (χ2n) is 6.82. The third-order valence-electron chi connectivity index (χ3n) is 4.88. The molecule has 1 aliphatic rings. The van der Waals surface area contributed by atoms with Gasteiger partial charge in [-0.25, -0.2) is 0 Å². The molecule has 2 aromatic rings. The van der Waals surface area contributed by atoms with Crippen LogP contribution in [0, 0.1) is 11.3 Å².